The van der Waals surface area contributed by atoms with Crippen LogP contribution in [0.4, 0.5) is 4.79 Å². The largest absolute Gasteiger partial charge is 0.479 e. The van der Waals surface area contributed by atoms with Crippen LogP contribution in [0.3, 0.4) is 0 Å². The SMILES string of the molecule is CC1CCCC1CNC(=O)NCC(O)C(=O)O. The summed E-state index contributed by atoms with van der Waals surface area (Å²) in [6.07, 6.45) is 1.98. The molecular weight excluding hydrogens is 224 g/mol. The van der Waals surface area contributed by atoms with Crippen LogP contribution in [0.2, 0.25) is 0 Å². The summed E-state index contributed by atoms with van der Waals surface area (Å²) in [5, 5.41) is 22.4. The molecule has 3 unspecified atom stereocenters. The van der Waals surface area contributed by atoms with Gasteiger partial charge in [-0.05, 0) is 18.3 Å². The smallest absolute Gasteiger partial charge is 0.334 e. The summed E-state index contributed by atoms with van der Waals surface area (Å²) in [7, 11) is 0. The lowest BCUT2D eigenvalue weighted by atomic mass is 9.98. The lowest BCUT2D eigenvalue weighted by Gasteiger charge is -2.16. The van der Waals surface area contributed by atoms with Crippen molar-refractivity contribution in [2.24, 2.45) is 11.8 Å². The van der Waals surface area contributed by atoms with E-state index in [9.17, 15) is 9.59 Å². The zero-order valence-corrected chi connectivity index (χ0v) is 9.98. The summed E-state index contributed by atoms with van der Waals surface area (Å²) in [5.74, 6) is -0.209. The molecule has 0 heterocycles. The number of carboxylic acid groups (broad SMARTS) is 1. The molecule has 6 heteroatoms. The summed E-state index contributed by atoms with van der Waals surface area (Å²) < 4.78 is 0. The molecule has 0 bridgehead atoms. The molecule has 1 aliphatic carbocycles. The van der Waals surface area contributed by atoms with Crippen LogP contribution in [0, 0.1) is 11.8 Å². The van der Waals surface area contributed by atoms with E-state index in [1.165, 1.54) is 12.8 Å². The number of aliphatic carboxylic acids is 1. The van der Waals surface area contributed by atoms with Gasteiger partial charge in [0.05, 0.1) is 6.54 Å². The summed E-state index contributed by atoms with van der Waals surface area (Å²) in [5.41, 5.74) is 0. The van der Waals surface area contributed by atoms with Gasteiger partial charge in [0.1, 0.15) is 0 Å². The van der Waals surface area contributed by atoms with Gasteiger partial charge < -0.3 is 20.8 Å². The number of nitrogens with one attached hydrogen (secondary N) is 2. The van der Waals surface area contributed by atoms with Crippen molar-refractivity contribution in [1.29, 1.82) is 0 Å². The Kier molecular flexibility index (Phi) is 5.21. The number of carbonyl (C=O) groups is 2. The molecule has 0 aromatic carbocycles. The van der Waals surface area contributed by atoms with E-state index < -0.39 is 18.1 Å². The van der Waals surface area contributed by atoms with Crippen molar-refractivity contribution in [2.75, 3.05) is 13.1 Å². The molecule has 0 aromatic heterocycles. The van der Waals surface area contributed by atoms with Crippen molar-refractivity contribution in [2.45, 2.75) is 32.3 Å². The molecule has 98 valence electrons. The molecule has 6 nitrogen and oxygen atoms in total. The Morgan fingerprint density at radius 1 is 1.35 bits per heavy atom. The number of hydrogen-bond acceptors (Lipinski definition) is 3. The van der Waals surface area contributed by atoms with Gasteiger partial charge >= 0.3 is 12.0 Å². The van der Waals surface area contributed by atoms with Gasteiger partial charge in [-0.3, -0.25) is 0 Å². The summed E-state index contributed by atoms with van der Waals surface area (Å²) >= 11 is 0. The molecule has 17 heavy (non-hydrogen) atoms. The summed E-state index contributed by atoms with van der Waals surface area (Å²) in [6.45, 7) is 2.50. The topological polar surface area (TPSA) is 98.7 Å². The lowest BCUT2D eigenvalue weighted by molar-refractivity contribution is -0.146. The monoisotopic (exact) mass is 244 g/mol. The number of hydrogen-bond donors (Lipinski definition) is 4. The highest BCUT2D eigenvalue weighted by Crippen LogP contribution is 2.30. The van der Waals surface area contributed by atoms with Gasteiger partial charge in [-0.2, -0.15) is 0 Å². The molecule has 1 saturated carbocycles. The van der Waals surface area contributed by atoms with E-state index >= 15 is 0 Å². The fraction of sp³-hybridized carbons (Fsp3) is 0.818. The van der Waals surface area contributed by atoms with E-state index in [0.29, 0.717) is 18.4 Å². The first kappa shape index (κ1) is 13.8. The minimum absolute atomic E-state index is 0.276. The molecule has 0 spiro atoms. The lowest BCUT2D eigenvalue weighted by Crippen LogP contribution is -2.43. The average Bonchev–Trinajstić information content (AvgIpc) is 2.68. The highest BCUT2D eigenvalue weighted by Gasteiger charge is 2.23. The van der Waals surface area contributed by atoms with Crippen molar-refractivity contribution in [1.82, 2.24) is 10.6 Å². The summed E-state index contributed by atoms with van der Waals surface area (Å²) in [6, 6.07) is -0.426. The number of carbonyl (C=O) groups excluding carboxylic acids is 1. The Morgan fingerprint density at radius 3 is 2.59 bits per heavy atom. The number of carboxylic acids is 1. The Morgan fingerprint density at radius 2 is 2.06 bits per heavy atom. The third-order valence-electron chi connectivity index (χ3n) is 3.30. The van der Waals surface area contributed by atoms with E-state index in [-0.39, 0.29) is 6.54 Å². The van der Waals surface area contributed by atoms with Gasteiger partial charge in [0.25, 0.3) is 0 Å². The normalized spacial score (nSPS) is 25.3. The van der Waals surface area contributed by atoms with Gasteiger partial charge in [0, 0.05) is 6.54 Å². The predicted molar refractivity (Wildman–Crippen MR) is 61.5 cm³/mol. The zero-order chi connectivity index (χ0) is 12.8. The van der Waals surface area contributed by atoms with E-state index in [0.717, 1.165) is 6.42 Å². The van der Waals surface area contributed by atoms with E-state index in [1.807, 2.05) is 0 Å². The van der Waals surface area contributed by atoms with Crippen molar-refractivity contribution in [3.8, 4) is 0 Å². The Bertz CT molecular complexity index is 283. The molecule has 2 amide bonds. The van der Waals surface area contributed by atoms with Gasteiger partial charge in [-0.25, -0.2) is 9.59 Å². The molecule has 1 fully saturated rings. The van der Waals surface area contributed by atoms with Crippen LogP contribution in [-0.2, 0) is 4.79 Å². The average molecular weight is 244 g/mol. The van der Waals surface area contributed by atoms with E-state index in [4.69, 9.17) is 10.2 Å². The molecule has 1 rings (SSSR count). The third-order valence-corrected chi connectivity index (χ3v) is 3.30. The second-order valence-electron chi connectivity index (χ2n) is 4.61. The number of aliphatic hydroxyl groups excluding tert-OH is 1. The third kappa shape index (κ3) is 4.60. The van der Waals surface area contributed by atoms with E-state index in [1.54, 1.807) is 0 Å². The first-order valence-corrected chi connectivity index (χ1v) is 5.93. The Balaban J connectivity index is 2.15. The minimum Gasteiger partial charge on any atom is -0.479 e. The van der Waals surface area contributed by atoms with Crippen molar-refractivity contribution < 1.29 is 19.8 Å². The molecule has 0 saturated heterocycles. The molecule has 4 N–H and O–H groups in total. The van der Waals surface area contributed by atoms with Crippen LogP contribution < -0.4 is 10.6 Å². The van der Waals surface area contributed by atoms with Crippen molar-refractivity contribution in [3.63, 3.8) is 0 Å². The quantitative estimate of drug-likeness (QED) is 0.554. The standard InChI is InChI=1S/C11H20N2O4/c1-7-3-2-4-8(7)5-12-11(17)13-6-9(14)10(15)16/h7-9,14H,2-6H2,1H3,(H,15,16)(H2,12,13,17). The van der Waals surface area contributed by atoms with E-state index in [2.05, 4.69) is 17.6 Å². The van der Waals surface area contributed by atoms with Gasteiger partial charge in [-0.1, -0.05) is 19.8 Å². The molecule has 0 aliphatic heterocycles. The minimum atomic E-state index is -1.55. The first-order valence-electron chi connectivity index (χ1n) is 5.93. The van der Waals surface area contributed by atoms with Crippen LogP contribution in [0.1, 0.15) is 26.2 Å². The van der Waals surface area contributed by atoms with Crippen LogP contribution in [-0.4, -0.2) is 41.4 Å². The maximum absolute atomic E-state index is 11.3. The Hall–Kier alpha value is -1.30. The summed E-state index contributed by atoms with van der Waals surface area (Å²) in [4.78, 5) is 21.6. The second-order valence-corrected chi connectivity index (χ2v) is 4.61. The van der Waals surface area contributed by atoms with Gasteiger partial charge in [-0.15, -0.1) is 0 Å². The molecule has 1 aliphatic rings. The second kappa shape index (κ2) is 6.44. The number of rotatable bonds is 5. The molecular formula is C11H20N2O4. The first-order chi connectivity index (χ1) is 8.00. The predicted octanol–water partition coefficient (Wildman–Crippen LogP) is 0.167. The Labute approximate surface area is 100 Å². The molecule has 0 radical (unpaired) electrons. The molecule has 0 aromatic rings. The fourth-order valence-corrected chi connectivity index (χ4v) is 2.09. The number of amides is 2. The van der Waals surface area contributed by atoms with Crippen LogP contribution in [0.5, 0.6) is 0 Å². The number of urea groups is 1. The van der Waals surface area contributed by atoms with Gasteiger partial charge in [0.2, 0.25) is 0 Å². The van der Waals surface area contributed by atoms with Crippen LogP contribution in [0.15, 0.2) is 0 Å². The highest BCUT2D eigenvalue weighted by atomic mass is 16.4. The maximum Gasteiger partial charge on any atom is 0.334 e. The molecule has 3 atom stereocenters. The van der Waals surface area contributed by atoms with Crippen LogP contribution >= 0.6 is 0 Å². The number of aliphatic hydroxyl groups is 1. The highest BCUT2D eigenvalue weighted by molar-refractivity contribution is 5.76. The zero-order valence-electron chi connectivity index (χ0n) is 9.98. The van der Waals surface area contributed by atoms with Crippen LogP contribution in [0.25, 0.3) is 0 Å². The van der Waals surface area contributed by atoms with Gasteiger partial charge in [0.15, 0.2) is 6.10 Å². The maximum atomic E-state index is 11.3. The van der Waals surface area contributed by atoms with Crippen molar-refractivity contribution in [3.05, 3.63) is 0 Å². The van der Waals surface area contributed by atoms with Crippen molar-refractivity contribution >= 4 is 12.0 Å². The fourth-order valence-electron chi connectivity index (χ4n) is 2.09.